The van der Waals surface area contributed by atoms with Gasteiger partial charge in [-0.1, -0.05) is 42.5 Å². The van der Waals surface area contributed by atoms with Crippen LogP contribution in [0.3, 0.4) is 0 Å². The van der Waals surface area contributed by atoms with Crippen LogP contribution in [0.15, 0.2) is 53.0 Å². The Hall–Kier alpha value is -1.36. The van der Waals surface area contributed by atoms with Gasteiger partial charge in [0.2, 0.25) is 0 Å². The van der Waals surface area contributed by atoms with Crippen LogP contribution < -0.4 is 10.1 Å². The second kappa shape index (κ2) is 8.04. The van der Waals surface area contributed by atoms with Crippen molar-refractivity contribution >= 4 is 15.9 Å². The molecule has 0 aliphatic rings. The normalized spacial score (nSPS) is 10.5. The van der Waals surface area contributed by atoms with E-state index in [1.807, 2.05) is 55.6 Å². The monoisotopic (exact) mass is 335 g/mol. The molecule has 0 unspecified atom stereocenters. The van der Waals surface area contributed by atoms with Crippen LogP contribution in [0.4, 0.5) is 0 Å². The van der Waals surface area contributed by atoms with Crippen LogP contribution >= 0.6 is 15.9 Å². The highest BCUT2D eigenvalue weighted by Crippen LogP contribution is 2.29. The summed E-state index contributed by atoms with van der Waals surface area (Å²) in [6, 6.07) is 16.0. The van der Waals surface area contributed by atoms with E-state index in [1.165, 1.54) is 0 Å². The lowest BCUT2D eigenvalue weighted by molar-refractivity contribution is 0.00408. The maximum atomic E-state index is 5.73. The molecule has 0 aliphatic carbocycles. The SMILES string of the molecule is CNCc1cccc(Br)c1OCOCc1ccccc1. The summed E-state index contributed by atoms with van der Waals surface area (Å²) in [7, 11) is 1.91. The molecule has 0 aromatic heterocycles. The third-order valence-corrected chi connectivity index (χ3v) is 3.44. The van der Waals surface area contributed by atoms with Crippen molar-refractivity contribution in [1.82, 2.24) is 5.32 Å². The number of rotatable bonds is 7. The van der Waals surface area contributed by atoms with Gasteiger partial charge in [0.05, 0.1) is 11.1 Å². The molecule has 2 aromatic carbocycles. The molecule has 106 valence electrons. The fraction of sp³-hybridized carbons (Fsp3) is 0.250. The van der Waals surface area contributed by atoms with Crippen LogP contribution in [0.5, 0.6) is 5.75 Å². The van der Waals surface area contributed by atoms with Crippen molar-refractivity contribution in [3.05, 3.63) is 64.1 Å². The van der Waals surface area contributed by atoms with E-state index in [0.29, 0.717) is 6.61 Å². The number of hydrogen-bond donors (Lipinski definition) is 1. The average Bonchev–Trinajstić information content (AvgIpc) is 2.47. The number of ether oxygens (including phenoxy) is 2. The van der Waals surface area contributed by atoms with Gasteiger partial charge in [-0.3, -0.25) is 0 Å². The molecule has 0 radical (unpaired) electrons. The Bertz CT molecular complexity index is 531. The summed E-state index contributed by atoms with van der Waals surface area (Å²) in [6.45, 7) is 1.54. The Balaban J connectivity index is 1.87. The number of para-hydroxylation sites is 1. The van der Waals surface area contributed by atoms with Crippen molar-refractivity contribution < 1.29 is 9.47 Å². The zero-order valence-electron chi connectivity index (χ0n) is 11.4. The first-order valence-electron chi connectivity index (χ1n) is 6.47. The van der Waals surface area contributed by atoms with Crippen molar-refractivity contribution in [3.8, 4) is 5.75 Å². The Labute approximate surface area is 128 Å². The first-order chi connectivity index (χ1) is 9.81. The summed E-state index contributed by atoms with van der Waals surface area (Å²) in [6.07, 6.45) is 0. The number of hydrogen-bond acceptors (Lipinski definition) is 3. The number of nitrogens with one attached hydrogen (secondary N) is 1. The Morgan fingerprint density at radius 3 is 2.60 bits per heavy atom. The van der Waals surface area contributed by atoms with Crippen LogP contribution in [-0.2, 0) is 17.9 Å². The van der Waals surface area contributed by atoms with E-state index in [2.05, 4.69) is 21.2 Å². The van der Waals surface area contributed by atoms with Crippen molar-refractivity contribution in [2.75, 3.05) is 13.8 Å². The molecule has 2 rings (SSSR count). The highest BCUT2D eigenvalue weighted by molar-refractivity contribution is 9.10. The van der Waals surface area contributed by atoms with Crippen LogP contribution in [-0.4, -0.2) is 13.8 Å². The fourth-order valence-electron chi connectivity index (χ4n) is 1.88. The largest absolute Gasteiger partial charge is 0.466 e. The molecular formula is C16H18BrNO2. The summed E-state index contributed by atoms with van der Waals surface area (Å²) in [5.41, 5.74) is 2.24. The van der Waals surface area contributed by atoms with Gasteiger partial charge < -0.3 is 14.8 Å². The topological polar surface area (TPSA) is 30.5 Å². The molecule has 20 heavy (non-hydrogen) atoms. The Morgan fingerprint density at radius 2 is 1.85 bits per heavy atom. The highest BCUT2D eigenvalue weighted by Gasteiger charge is 2.07. The van der Waals surface area contributed by atoms with Gasteiger partial charge in [0.25, 0.3) is 0 Å². The van der Waals surface area contributed by atoms with Gasteiger partial charge in [-0.15, -0.1) is 0 Å². The summed E-state index contributed by atoms with van der Waals surface area (Å²) < 4.78 is 12.2. The van der Waals surface area contributed by atoms with Crippen molar-refractivity contribution in [2.24, 2.45) is 0 Å². The standard InChI is InChI=1S/C16H18BrNO2/c1-18-10-14-8-5-9-15(17)16(14)20-12-19-11-13-6-3-2-4-7-13/h2-9,18H,10-12H2,1H3. The lowest BCUT2D eigenvalue weighted by Gasteiger charge is -2.13. The Morgan fingerprint density at radius 1 is 1.05 bits per heavy atom. The minimum absolute atomic E-state index is 0.230. The maximum absolute atomic E-state index is 5.73. The lowest BCUT2D eigenvalue weighted by Crippen LogP contribution is -2.09. The number of halogens is 1. The number of benzene rings is 2. The lowest BCUT2D eigenvalue weighted by atomic mass is 10.2. The second-order valence-electron chi connectivity index (χ2n) is 4.35. The van der Waals surface area contributed by atoms with Crippen LogP contribution in [0.2, 0.25) is 0 Å². The molecule has 0 atom stereocenters. The second-order valence-corrected chi connectivity index (χ2v) is 5.21. The molecule has 0 saturated heterocycles. The van der Waals surface area contributed by atoms with Crippen LogP contribution in [0.1, 0.15) is 11.1 Å². The molecule has 0 fully saturated rings. The summed E-state index contributed by atoms with van der Waals surface area (Å²) >= 11 is 3.51. The van der Waals surface area contributed by atoms with E-state index in [-0.39, 0.29) is 6.79 Å². The van der Waals surface area contributed by atoms with Gasteiger partial charge >= 0.3 is 0 Å². The molecule has 3 nitrogen and oxygen atoms in total. The van der Waals surface area contributed by atoms with E-state index >= 15 is 0 Å². The van der Waals surface area contributed by atoms with Gasteiger partial charge in [0.15, 0.2) is 6.79 Å². The van der Waals surface area contributed by atoms with E-state index in [4.69, 9.17) is 9.47 Å². The zero-order chi connectivity index (χ0) is 14.2. The van der Waals surface area contributed by atoms with Gasteiger partial charge in [-0.05, 0) is 34.6 Å². The molecule has 1 N–H and O–H groups in total. The first kappa shape index (κ1) is 15.0. The predicted molar refractivity (Wildman–Crippen MR) is 83.6 cm³/mol. The minimum Gasteiger partial charge on any atom is -0.466 e. The fourth-order valence-corrected chi connectivity index (χ4v) is 2.40. The Kier molecular flexibility index (Phi) is 6.05. The average molecular weight is 336 g/mol. The molecule has 0 amide bonds. The zero-order valence-corrected chi connectivity index (χ0v) is 13.0. The summed E-state index contributed by atoms with van der Waals surface area (Å²) in [5, 5.41) is 3.13. The van der Waals surface area contributed by atoms with Gasteiger partial charge in [-0.2, -0.15) is 0 Å². The first-order valence-corrected chi connectivity index (χ1v) is 7.27. The van der Waals surface area contributed by atoms with Crippen molar-refractivity contribution in [3.63, 3.8) is 0 Å². The molecule has 0 spiro atoms. The van der Waals surface area contributed by atoms with Gasteiger partial charge in [-0.25, -0.2) is 0 Å². The molecule has 0 heterocycles. The van der Waals surface area contributed by atoms with Crippen LogP contribution in [0.25, 0.3) is 0 Å². The van der Waals surface area contributed by atoms with E-state index in [9.17, 15) is 0 Å². The predicted octanol–water partition coefficient (Wildman–Crippen LogP) is 3.72. The van der Waals surface area contributed by atoms with Gasteiger partial charge in [0.1, 0.15) is 5.75 Å². The van der Waals surface area contributed by atoms with Gasteiger partial charge in [0, 0.05) is 12.1 Å². The quantitative estimate of drug-likeness (QED) is 0.617. The molecule has 0 bridgehead atoms. The third kappa shape index (κ3) is 4.34. The molecule has 4 heteroatoms. The molecular weight excluding hydrogens is 318 g/mol. The summed E-state index contributed by atoms with van der Waals surface area (Å²) in [5.74, 6) is 0.829. The summed E-state index contributed by atoms with van der Waals surface area (Å²) in [4.78, 5) is 0. The van der Waals surface area contributed by atoms with Crippen molar-refractivity contribution in [1.29, 1.82) is 0 Å². The van der Waals surface area contributed by atoms with E-state index in [0.717, 1.165) is 27.9 Å². The maximum Gasteiger partial charge on any atom is 0.189 e. The van der Waals surface area contributed by atoms with Crippen molar-refractivity contribution in [2.45, 2.75) is 13.2 Å². The minimum atomic E-state index is 0.230. The molecule has 2 aromatic rings. The van der Waals surface area contributed by atoms with E-state index in [1.54, 1.807) is 0 Å². The third-order valence-electron chi connectivity index (χ3n) is 2.81. The van der Waals surface area contributed by atoms with Crippen LogP contribution in [0, 0.1) is 0 Å². The highest BCUT2D eigenvalue weighted by atomic mass is 79.9. The molecule has 0 aliphatic heterocycles. The molecule has 0 saturated carbocycles. The smallest absolute Gasteiger partial charge is 0.189 e. The van der Waals surface area contributed by atoms with E-state index < -0.39 is 0 Å².